The Hall–Kier alpha value is -2.69. The first-order valence-electron chi connectivity index (χ1n) is 11.2. The third kappa shape index (κ3) is 2.71. The Labute approximate surface area is 176 Å². The lowest BCUT2D eigenvalue weighted by atomic mass is 9.42. The molecule has 1 amide bonds. The van der Waals surface area contributed by atoms with Crippen LogP contribution in [-0.2, 0) is 16.8 Å². The zero-order valence-corrected chi connectivity index (χ0v) is 17.5. The second-order valence-electron chi connectivity index (χ2n) is 10.1. The van der Waals surface area contributed by atoms with Gasteiger partial charge in [-0.05, 0) is 80.4 Å². The van der Waals surface area contributed by atoms with Crippen molar-refractivity contribution in [1.29, 1.82) is 0 Å². The van der Waals surface area contributed by atoms with Gasteiger partial charge in [-0.1, -0.05) is 35.9 Å². The van der Waals surface area contributed by atoms with Gasteiger partial charge in [-0.2, -0.15) is 0 Å². The van der Waals surface area contributed by atoms with E-state index in [1.54, 1.807) is 0 Å². The van der Waals surface area contributed by atoms with Gasteiger partial charge in [0.2, 0.25) is 5.91 Å². The van der Waals surface area contributed by atoms with Gasteiger partial charge in [0.15, 0.2) is 11.5 Å². The Balaban J connectivity index is 1.27. The molecule has 0 radical (unpaired) electrons. The molecular weight excluding hydrogens is 372 g/mol. The van der Waals surface area contributed by atoms with Gasteiger partial charge in [0.1, 0.15) is 0 Å². The van der Waals surface area contributed by atoms with E-state index in [9.17, 15) is 4.79 Å². The van der Waals surface area contributed by atoms with E-state index in [0.717, 1.165) is 30.7 Å². The number of pyridine rings is 1. The second-order valence-corrected chi connectivity index (χ2v) is 10.1. The number of carbonyl (C=O) groups excluding carboxylic acids is 1. The average molecular weight is 401 g/mol. The van der Waals surface area contributed by atoms with Crippen molar-refractivity contribution in [3.8, 4) is 0 Å². The zero-order chi connectivity index (χ0) is 20.3. The first-order valence-corrected chi connectivity index (χ1v) is 11.2. The van der Waals surface area contributed by atoms with Crippen LogP contribution in [0.2, 0.25) is 0 Å². The fraction of sp³-hybridized carbons (Fsp3) is 0.480. The highest BCUT2D eigenvalue weighted by Gasteiger charge is 2.60. The summed E-state index contributed by atoms with van der Waals surface area (Å²) in [6, 6.07) is 14.9. The standard InChI is InChI=1S/C25H28N4O/c1-17-5-7-20(8-6-17)24-11-18-10-19(12-24)14-25(13-18,16-24)23(30)26-15-22-28-27-21-4-2-3-9-29(21)22/h2-9,18-19H,10-16H2,1H3,(H,26,30). The molecule has 30 heavy (non-hydrogen) atoms. The number of aryl methyl sites for hydroxylation is 1. The summed E-state index contributed by atoms with van der Waals surface area (Å²) in [6.07, 6.45) is 8.83. The molecule has 5 heteroatoms. The monoisotopic (exact) mass is 400 g/mol. The van der Waals surface area contributed by atoms with Crippen LogP contribution in [0.4, 0.5) is 0 Å². The highest BCUT2D eigenvalue weighted by molar-refractivity contribution is 5.83. The van der Waals surface area contributed by atoms with E-state index in [0.29, 0.717) is 18.4 Å². The smallest absolute Gasteiger partial charge is 0.226 e. The number of nitrogens with one attached hydrogen (secondary N) is 1. The molecular formula is C25H28N4O. The molecule has 2 unspecified atom stereocenters. The van der Waals surface area contributed by atoms with Crippen molar-refractivity contribution in [3.05, 3.63) is 65.6 Å². The molecule has 154 valence electrons. The van der Waals surface area contributed by atoms with Crippen LogP contribution >= 0.6 is 0 Å². The van der Waals surface area contributed by atoms with Gasteiger partial charge in [-0.25, -0.2) is 0 Å². The number of aromatic nitrogens is 3. The van der Waals surface area contributed by atoms with Crippen LogP contribution in [0.3, 0.4) is 0 Å². The summed E-state index contributed by atoms with van der Waals surface area (Å²) in [5, 5.41) is 11.7. The molecule has 4 aliphatic carbocycles. The number of nitrogens with zero attached hydrogens (tertiary/aromatic N) is 3. The number of hydrogen-bond acceptors (Lipinski definition) is 3. The first-order chi connectivity index (χ1) is 14.6. The summed E-state index contributed by atoms with van der Waals surface area (Å²) in [5.74, 6) is 2.36. The first kappa shape index (κ1) is 18.1. The molecule has 1 aromatic carbocycles. The molecule has 0 aliphatic heterocycles. The van der Waals surface area contributed by atoms with Crippen molar-refractivity contribution < 1.29 is 4.79 Å². The van der Waals surface area contributed by atoms with Crippen LogP contribution in [0.1, 0.15) is 55.5 Å². The molecule has 0 spiro atoms. The van der Waals surface area contributed by atoms with Gasteiger partial charge in [0.25, 0.3) is 0 Å². The van der Waals surface area contributed by atoms with Crippen molar-refractivity contribution >= 4 is 11.6 Å². The molecule has 3 aromatic rings. The lowest BCUT2D eigenvalue weighted by Crippen LogP contribution is -2.59. The molecule has 4 fully saturated rings. The number of hydrogen-bond donors (Lipinski definition) is 1. The second kappa shape index (κ2) is 6.40. The summed E-state index contributed by atoms with van der Waals surface area (Å²) >= 11 is 0. The molecule has 2 aromatic heterocycles. The van der Waals surface area contributed by atoms with Crippen LogP contribution in [-0.4, -0.2) is 20.5 Å². The topological polar surface area (TPSA) is 59.3 Å². The summed E-state index contributed by atoms with van der Waals surface area (Å²) in [7, 11) is 0. The zero-order valence-electron chi connectivity index (χ0n) is 17.5. The van der Waals surface area contributed by atoms with Crippen molar-refractivity contribution in [2.45, 2.75) is 57.4 Å². The summed E-state index contributed by atoms with van der Waals surface area (Å²) in [6.45, 7) is 2.57. The maximum Gasteiger partial charge on any atom is 0.226 e. The lowest BCUT2D eigenvalue weighted by Gasteiger charge is -2.61. The number of benzene rings is 1. The Kier molecular flexibility index (Phi) is 3.86. The van der Waals surface area contributed by atoms with Gasteiger partial charge in [-0.3, -0.25) is 9.20 Å². The third-order valence-electron chi connectivity index (χ3n) is 8.00. The van der Waals surface area contributed by atoms with E-state index in [-0.39, 0.29) is 16.7 Å². The number of amides is 1. The summed E-state index contributed by atoms with van der Waals surface area (Å²) < 4.78 is 1.95. The molecule has 1 N–H and O–H groups in total. The van der Waals surface area contributed by atoms with Crippen LogP contribution in [0.5, 0.6) is 0 Å². The summed E-state index contributed by atoms with van der Waals surface area (Å²) in [5.41, 5.74) is 3.51. The van der Waals surface area contributed by atoms with Gasteiger partial charge >= 0.3 is 0 Å². The van der Waals surface area contributed by atoms with E-state index in [4.69, 9.17) is 0 Å². The molecule has 5 nitrogen and oxygen atoms in total. The van der Waals surface area contributed by atoms with Crippen molar-refractivity contribution in [2.75, 3.05) is 0 Å². The molecule has 4 saturated carbocycles. The average Bonchev–Trinajstić information content (AvgIpc) is 3.14. The van der Waals surface area contributed by atoms with Gasteiger partial charge in [-0.15, -0.1) is 10.2 Å². The number of fused-ring (bicyclic) bond motifs is 1. The largest absolute Gasteiger partial charge is 0.348 e. The molecule has 4 aliphatic rings. The Morgan fingerprint density at radius 1 is 1.07 bits per heavy atom. The Bertz CT molecular complexity index is 1100. The predicted molar refractivity (Wildman–Crippen MR) is 115 cm³/mol. The highest BCUT2D eigenvalue weighted by atomic mass is 16.2. The fourth-order valence-electron chi connectivity index (χ4n) is 7.13. The highest BCUT2D eigenvalue weighted by Crippen LogP contribution is 2.65. The van der Waals surface area contributed by atoms with E-state index in [1.807, 2.05) is 28.8 Å². The summed E-state index contributed by atoms with van der Waals surface area (Å²) in [4.78, 5) is 13.6. The van der Waals surface area contributed by atoms with E-state index < -0.39 is 0 Å². The minimum atomic E-state index is -0.227. The fourth-order valence-corrected chi connectivity index (χ4v) is 7.13. The Morgan fingerprint density at radius 2 is 1.83 bits per heavy atom. The van der Waals surface area contributed by atoms with Crippen LogP contribution < -0.4 is 5.32 Å². The van der Waals surface area contributed by atoms with Crippen LogP contribution in [0, 0.1) is 24.2 Å². The van der Waals surface area contributed by atoms with Crippen molar-refractivity contribution in [2.24, 2.45) is 17.3 Å². The molecule has 4 bridgehead atoms. The van der Waals surface area contributed by atoms with E-state index in [2.05, 4.69) is 46.7 Å². The molecule has 7 rings (SSSR count). The van der Waals surface area contributed by atoms with Gasteiger partial charge < -0.3 is 5.32 Å². The molecule has 2 atom stereocenters. The van der Waals surface area contributed by atoms with E-state index >= 15 is 0 Å². The molecule has 2 heterocycles. The normalized spacial score (nSPS) is 31.9. The SMILES string of the molecule is Cc1ccc(C23CC4CC(CC(C(=O)NCc5nnc6ccccn56)(C4)C2)C3)cc1. The minimum Gasteiger partial charge on any atom is -0.348 e. The van der Waals surface area contributed by atoms with Crippen molar-refractivity contribution in [1.82, 2.24) is 19.9 Å². The Morgan fingerprint density at radius 3 is 2.60 bits per heavy atom. The third-order valence-corrected chi connectivity index (χ3v) is 8.00. The minimum absolute atomic E-state index is 0.177. The van der Waals surface area contributed by atoms with Crippen molar-refractivity contribution in [3.63, 3.8) is 0 Å². The van der Waals surface area contributed by atoms with Gasteiger partial charge in [0, 0.05) is 6.20 Å². The van der Waals surface area contributed by atoms with Gasteiger partial charge in [0.05, 0.1) is 12.0 Å². The van der Waals surface area contributed by atoms with Crippen LogP contribution in [0.15, 0.2) is 48.7 Å². The number of rotatable bonds is 4. The number of carbonyl (C=O) groups is 1. The maximum atomic E-state index is 13.6. The van der Waals surface area contributed by atoms with E-state index in [1.165, 1.54) is 30.4 Å². The molecule has 0 saturated heterocycles. The quantitative estimate of drug-likeness (QED) is 0.714. The predicted octanol–water partition coefficient (Wildman–Crippen LogP) is 4.19. The maximum absolute atomic E-state index is 13.6. The lowest BCUT2D eigenvalue weighted by molar-refractivity contribution is -0.149. The van der Waals surface area contributed by atoms with Crippen LogP contribution in [0.25, 0.3) is 5.65 Å².